The van der Waals surface area contributed by atoms with Crippen molar-refractivity contribution in [3.8, 4) is 0 Å². The monoisotopic (exact) mass is 358 g/mol. The van der Waals surface area contributed by atoms with Crippen LogP contribution in [0.5, 0.6) is 0 Å². The van der Waals surface area contributed by atoms with Crippen molar-refractivity contribution in [3.63, 3.8) is 0 Å². The highest BCUT2D eigenvalue weighted by atomic mass is 16.5. The third-order valence-corrected chi connectivity index (χ3v) is 5.64. The van der Waals surface area contributed by atoms with Gasteiger partial charge in [-0.2, -0.15) is 0 Å². The molecule has 1 aromatic carbocycles. The number of ether oxygens (including phenoxy) is 1. The zero-order valence-corrected chi connectivity index (χ0v) is 16.2. The Morgan fingerprint density at radius 3 is 2.58 bits per heavy atom. The van der Waals surface area contributed by atoms with Crippen LogP contribution in [0.25, 0.3) is 0 Å². The molecule has 0 spiro atoms. The first kappa shape index (κ1) is 20.3. The fourth-order valence-corrected chi connectivity index (χ4v) is 4.27. The van der Waals surface area contributed by atoms with Crippen molar-refractivity contribution >= 4 is 17.5 Å². The lowest BCUT2D eigenvalue weighted by molar-refractivity contribution is -0.154. The van der Waals surface area contributed by atoms with Gasteiger partial charge < -0.3 is 9.53 Å². The first-order chi connectivity index (χ1) is 12.5. The number of esters is 1. The number of carbonyl (C=O) groups excluding carboxylic acids is 3. The number of unbranched alkanes of at least 4 members (excludes halogenated alkanes) is 3. The number of ketones is 2. The molecule has 4 heteroatoms. The SMILES string of the molecule is CCCCCC[C@@H](CC(C)=O)[C@@]1(C(=O)OC)CCc2ccccc2C1=O. The van der Waals surface area contributed by atoms with Crippen LogP contribution in [0.15, 0.2) is 24.3 Å². The van der Waals surface area contributed by atoms with Crippen LogP contribution in [0.1, 0.15) is 74.7 Å². The van der Waals surface area contributed by atoms with E-state index in [1.807, 2.05) is 18.2 Å². The summed E-state index contributed by atoms with van der Waals surface area (Å²) in [7, 11) is 1.33. The second-order valence-corrected chi connectivity index (χ2v) is 7.40. The first-order valence-electron chi connectivity index (χ1n) is 9.68. The summed E-state index contributed by atoms with van der Waals surface area (Å²) in [5.41, 5.74) is 0.344. The van der Waals surface area contributed by atoms with E-state index < -0.39 is 11.4 Å². The maximum absolute atomic E-state index is 13.4. The van der Waals surface area contributed by atoms with Crippen LogP contribution in [0.3, 0.4) is 0 Å². The Morgan fingerprint density at radius 2 is 1.92 bits per heavy atom. The molecule has 0 bridgehead atoms. The van der Waals surface area contributed by atoms with Gasteiger partial charge in [0, 0.05) is 12.0 Å². The quantitative estimate of drug-likeness (QED) is 0.369. The summed E-state index contributed by atoms with van der Waals surface area (Å²) < 4.78 is 5.10. The van der Waals surface area contributed by atoms with Crippen LogP contribution in [0.2, 0.25) is 0 Å². The summed E-state index contributed by atoms with van der Waals surface area (Å²) in [5.74, 6) is -0.947. The summed E-state index contributed by atoms with van der Waals surface area (Å²) in [6.07, 6.45) is 6.21. The number of rotatable bonds is 9. The number of hydrogen-bond donors (Lipinski definition) is 0. The summed E-state index contributed by atoms with van der Waals surface area (Å²) in [4.78, 5) is 38.2. The van der Waals surface area contributed by atoms with Crippen molar-refractivity contribution in [3.05, 3.63) is 35.4 Å². The Labute approximate surface area is 156 Å². The number of hydrogen-bond acceptors (Lipinski definition) is 4. The molecular formula is C22H30O4. The Kier molecular flexibility index (Phi) is 7.13. The van der Waals surface area contributed by atoms with Crippen molar-refractivity contribution in [1.29, 1.82) is 0 Å². The fourth-order valence-electron chi connectivity index (χ4n) is 4.27. The van der Waals surface area contributed by atoms with Crippen LogP contribution in [-0.4, -0.2) is 24.6 Å². The van der Waals surface area contributed by atoms with Gasteiger partial charge in [-0.05, 0) is 37.7 Å². The van der Waals surface area contributed by atoms with Crippen LogP contribution >= 0.6 is 0 Å². The van der Waals surface area contributed by atoms with E-state index in [4.69, 9.17) is 4.74 Å². The largest absolute Gasteiger partial charge is 0.468 e. The van der Waals surface area contributed by atoms with Gasteiger partial charge in [0.05, 0.1) is 7.11 Å². The molecule has 0 aromatic heterocycles. The molecule has 4 nitrogen and oxygen atoms in total. The number of methoxy groups -OCH3 is 1. The average molecular weight is 358 g/mol. The molecule has 1 aromatic rings. The summed E-state index contributed by atoms with van der Waals surface area (Å²) >= 11 is 0. The summed E-state index contributed by atoms with van der Waals surface area (Å²) in [6.45, 7) is 3.68. The Balaban J connectivity index is 2.41. The van der Waals surface area contributed by atoms with Gasteiger partial charge in [-0.15, -0.1) is 0 Å². The average Bonchev–Trinajstić information content (AvgIpc) is 2.64. The standard InChI is InChI=1S/C22H30O4/c1-4-5-6-7-11-18(15-16(2)23)22(21(25)26-3)14-13-17-10-8-9-12-19(17)20(22)24/h8-10,12,18H,4-7,11,13-15H2,1-3H3/t18-,22-/m0/s1. The topological polar surface area (TPSA) is 60.4 Å². The molecule has 0 aliphatic heterocycles. The van der Waals surface area contributed by atoms with Crippen LogP contribution < -0.4 is 0 Å². The molecule has 2 rings (SSSR count). The minimum absolute atomic E-state index is 0.0143. The number of fused-ring (bicyclic) bond motifs is 1. The maximum Gasteiger partial charge on any atom is 0.320 e. The van der Waals surface area contributed by atoms with Gasteiger partial charge in [0.25, 0.3) is 0 Å². The smallest absolute Gasteiger partial charge is 0.320 e. The molecule has 0 saturated carbocycles. The van der Waals surface area contributed by atoms with E-state index in [9.17, 15) is 14.4 Å². The third kappa shape index (κ3) is 4.05. The van der Waals surface area contributed by atoms with Gasteiger partial charge in [0.2, 0.25) is 0 Å². The van der Waals surface area contributed by atoms with Crippen molar-refractivity contribution in [2.45, 2.75) is 65.2 Å². The van der Waals surface area contributed by atoms with Crippen molar-refractivity contribution < 1.29 is 19.1 Å². The highest BCUT2D eigenvalue weighted by Crippen LogP contribution is 2.46. The van der Waals surface area contributed by atoms with Crippen molar-refractivity contribution in [1.82, 2.24) is 0 Å². The minimum atomic E-state index is -1.24. The highest BCUT2D eigenvalue weighted by molar-refractivity contribution is 6.14. The lowest BCUT2D eigenvalue weighted by Gasteiger charge is -2.40. The highest BCUT2D eigenvalue weighted by Gasteiger charge is 2.54. The molecular weight excluding hydrogens is 328 g/mol. The molecule has 1 aliphatic rings. The first-order valence-corrected chi connectivity index (χ1v) is 9.68. The lowest BCUT2D eigenvalue weighted by Crippen LogP contribution is -2.49. The zero-order valence-electron chi connectivity index (χ0n) is 16.2. The number of Topliss-reactive ketones (excluding diaryl/α,β-unsaturated/α-hetero) is 2. The van der Waals surface area contributed by atoms with Gasteiger partial charge in [-0.25, -0.2) is 0 Å². The second-order valence-electron chi connectivity index (χ2n) is 7.40. The van der Waals surface area contributed by atoms with E-state index >= 15 is 0 Å². The van der Waals surface area contributed by atoms with Crippen LogP contribution in [-0.2, 0) is 20.7 Å². The molecule has 1 aliphatic carbocycles. The molecule has 0 N–H and O–H groups in total. The van der Waals surface area contributed by atoms with Gasteiger partial charge in [0.1, 0.15) is 11.2 Å². The van der Waals surface area contributed by atoms with E-state index in [0.29, 0.717) is 24.8 Å². The minimum Gasteiger partial charge on any atom is -0.468 e. The van der Waals surface area contributed by atoms with Gasteiger partial charge in [-0.3, -0.25) is 9.59 Å². The molecule has 2 atom stereocenters. The summed E-state index contributed by atoms with van der Waals surface area (Å²) in [6, 6.07) is 7.46. The lowest BCUT2D eigenvalue weighted by atomic mass is 9.61. The summed E-state index contributed by atoms with van der Waals surface area (Å²) in [5, 5.41) is 0. The Bertz CT molecular complexity index is 664. The Morgan fingerprint density at radius 1 is 1.19 bits per heavy atom. The normalized spacial score (nSPS) is 20.3. The number of benzene rings is 1. The predicted octanol–water partition coefficient (Wildman–Crippen LogP) is 4.54. The predicted molar refractivity (Wildman–Crippen MR) is 101 cm³/mol. The fraction of sp³-hybridized carbons (Fsp3) is 0.591. The van der Waals surface area contributed by atoms with E-state index in [1.54, 1.807) is 6.07 Å². The van der Waals surface area contributed by atoms with E-state index in [0.717, 1.165) is 31.2 Å². The maximum atomic E-state index is 13.4. The molecule has 26 heavy (non-hydrogen) atoms. The third-order valence-electron chi connectivity index (χ3n) is 5.64. The van der Waals surface area contributed by atoms with Gasteiger partial charge in [0.15, 0.2) is 5.78 Å². The second kappa shape index (κ2) is 9.11. The Hall–Kier alpha value is -1.97. The van der Waals surface area contributed by atoms with E-state index in [1.165, 1.54) is 14.0 Å². The van der Waals surface area contributed by atoms with Crippen molar-refractivity contribution in [2.24, 2.45) is 11.3 Å². The van der Waals surface area contributed by atoms with Crippen molar-refractivity contribution in [2.75, 3.05) is 7.11 Å². The molecule has 0 saturated heterocycles. The van der Waals surface area contributed by atoms with Crippen LogP contribution in [0, 0.1) is 11.3 Å². The molecule has 0 unspecified atom stereocenters. The zero-order chi connectivity index (χ0) is 19.2. The molecule has 0 amide bonds. The van der Waals surface area contributed by atoms with E-state index in [-0.39, 0.29) is 23.9 Å². The van der Waals surface area contributed by atoms with E-state index in [2.05, 4.69) is 6.92 Å². The molecule has 0 fully saturated rings. The molecule has 142 valence electrons. The van der Waals surface area contributed by atoms with Gasteiger partial charge >= 0.3 is 5.97 Å². The molecule has 0 heterocycles. The van der Waals surface area contributed by atoms with Crippen LogP contribution in [0.4, 0.5) is 0 Å². The number of aryl methyl sites for hydroxylation is 1. The van der Waals surface area contributed by atoms with Gasteiger partial charge in [-0.1, -0.05) is 56.9 Å². The number of carbonyl (C=O) groups is 3. The molecule has 0 radical (unpaired) electrons.